The van der Waals surface area contributed by atoms with Gasteiger partial charge in [0.2, 0.25) is 0 Å². The quantitative estimate of drug-likeness (QED) is 0.139. The molecule has 0 radical (unpaired) electrons. The Labute approximate surface area is 205 Å². The Bertz CT molecular complexity index is 1290. The maximum absolute atomic E-state index is 12.3. The molecule has 0 saturated carbocycles. The van der Waals surface area contributed by atoms with Crippen molar-refractivity contribution >= 4 is 16.9 Å². The lowest BCUT2D eigenvalue weighted by Crippen LogP contribution is -2.71. The van der Waals surface area contributed by atoms with E-state index < -0.39 is 11.0 Å². The van der Waals surface area contributed by atoms with Gasteiger partial charge in [-0.15, -0.1) is 0 Å². The van der Waals surface area contributed by atoms with Crippen molar-refractivity contribution in [2.24, 2.45) is 16.5 Å². The van der Waals surface area contributed by atoms with E-state index in [1.54, 1.807) is 6.07 Å². The minimum Gasteiger partial charge on any atom is -0.504 e. The van der Waals surface area contributed by atoms with Gasteiger partial charge in [0.05, 0.1) is 5.60 Å². The largest absolute Gasteiger partial charge is 0.504 e. The van der Waals surface area contributed by atoms with Crippen molar-refractivity contribution in [3.8, 4) is 11.5 Å². The van der Waals surface area contributed by atoms with Gasteiger partial charge >= 0.3 is 0 Å². The van der Waals surface area contributed by atoms with E-state index in [1.807, 2.05) is 25.1 Å². The number of piperidine rings is 1. The maximum Gasteiger partial charge on any atom is 0.185 e. The number of likely N-dealkylation sites (tertiary alicyclic amines) is 1. The predicted octanol–water partition coefficient (Wildman–Crippen LogP) is 2.41. The summed E-state index contributed by atoms with van der Waals surface area (Å²) in [5.74, 6) is -0.174. The van der Waals surface area contributed by atoms with Crippen LogP contribution in [0.25, 0.3) is 10.9 Å². The first-order chi connectivity index (χ1) is 16.7. The van der Waals surface area contributed by atoms with E-state index in [9.17, 15) is 15.3 Å². The van der Waals surface area contributed by atoms with E-state index in [0.29, 0.717) is 31.4 Å². The smallest absolute Gasteiger partial charge is 0.185 e. The van der Waals surface area contributed by atoms with Crippen LogP contribution in [0.1, 0.15) is 42.1 Å². The Hall–Kier alpha value is -3.23. The summed E-state index contributed by atoms with van der Waals surface area (Å²) in [6.45, 7) is 6.05. The molecule has 2 aliphatic rings. The summed E-state index contributed by atoms with van der Waals surface area (Å²) in [7, 11) is 0. The summed E-state index contributed by atoms with van der Waals surface area (Å²) < 4.78 is 0. The fraction of sp³-hybridized carbons (Fsp3) is 0.444. The number of guanidine groups is 1. The molecule has 1 aliphatic carbocycles. The number of aryl methyl sites for hydroxylation is 1. The van der Waals surface area contributed by atoms with Crippen LogP contribution in [0.4, 0.5) is 0 Å². The van der Waals surface area contributed by atoms with Crippen LogP contribution < -0.4 is 11.5 Å². The van der Waals surface area contributed by atoms with Crippen molar-refractivity contribution < 1.29 is 15.3 Å². The van der Waals surface area contributed by atoms with Crippen molar-refractivity contribution in [1.82, 2.24) is 9.88 Å². The lowest BCUT2D eigenvalue weighted by Gasteiger charge is -2.60. The van der Waals surface area contributed by atoms with Crippen molar-refractivity contribution in [3.05, 3.63) is 58.8 Å². The second-order valence-electron chi connectivity index (χ2n) is 10.3. The molecule has 2 aromatic carbocycles. The minimum absolute atomic E-state index is 0.0882. The number of phenolic OH excluding ortho intramolecular Hbond substituents is 2. The number of nitrogens with two attached hydrogens (primary N) is 2. The number of aromatic nitrogens is 1. The molecule has 8 heteroatoms. The Balaban J connectivity index is 1.59. The average molecular weight is 478 g/mol. The highest BCUT2D eigenvalue weighted by Crippen LogP contribution is 2.57. The summed E-state index contributed by atoms with van der Waals surface area (Å²) in [6.07, 6.45) is 2.54. The number of hydrogen-bond acceptors (Lipinski definition) is 5. The van der Waals surface area contributed by atoms with Gasteiger partial charge in [-0.1, -0.05) is 24.3 Å². The van der Waals surface area contributed by atoms with Crippen molar-refractivity contribution in [1.29, 1.82) is 0 Å². The first-order valence-corrected chi connectivity index (χ1v) is 12.3. The van der Waals surface area contributed by atoms with Gasteiger partial charge in [0.1, 0.15) is 0 Å². The third-order valence-electron chi connectivity index (χ3n) is 8.46. The number of fused-ring (bicyclic) bond motifs is 5. The Kier molecular flexibility index (Phi) is 5.68. The zero-order valence-corrected chi connectivity index (χ0v) is 20.4. The van der Waals surface area contributed by atoms with E-state index in [4.69, 9.17) is 11.5 Å². The predicted molar refractivity (Wildman–Crippen MR) is 138 cm³/mol. The number of phenols is 2. The van der Waals surface area contributed by atoms with Crippen molar-refractivity contribution in [3.63, 3.8) is 0 Å². The van der Waals surface area contributed by atoms with Gasteiger partial charge < -0.3 is 31.8 Å². The van der Waals surface area contributed by atoms with Crippen LogP contribution in [-0.4, -0.2) is 62.4 Å². The lowest BCUT2D eigenvalue weighted by molar-refractivity contribution is -0.135. The van der Waals surface area contributed by atoms with Gasteiger partial charge in [-0.05, 0) is 62.9 Å². The monoisotopic (exact) mass is 477 g/mol. The van der Waals surface area contributed by atoms with Crippen molar-refractivity contribution in [2.45, 2.75) is 56.6 Å². The van der Waals surface area contributed by atoms with E-state index in [1.165, 1.54) is 0 Å². The topological polar surface area (TPSA) is 144 Å². The van der Waals surface area contributed by atoms with Crippen LogP contribution in [0.5, 0.6) is 11.5 Å². The SMILES string of the molecule is Cc1c(CC23CCN(CCCN=C(N)N)C(Cc4ccc(O)c(O)c42)C3(C)O)[nH]c2ccccc12. The molecule has 5 rings (SSSR count). The molecular weight excluding hydrogens is 442 g/mol. The molecule has 2 bridgehead atoms. The molecule has 2 heterocycles. The van der Waals surface area contributed by atoms with Gasteiger partial charge in [0.25, 0.3) is 0 Å². The van der Waals surface area contributed by atoms with Crippen LogP contribution in [0.2, 0.25) is 0 Å². The fourth-order valence-electron chi connectivity index (χ4n) is 6.58. The number of aliphatic imine (C=N–C) groups is 1. The normalized spacial score (nSPS) is 26.0. The molecule has 3 unspecified atom stereocenters. The van der Waals surface area contributed by atoms with Gasteiger partial charge in [-0.25, -0.2) is 0 Å². The highest BCUT2D eigenvalue weighted by atomic mass is 16.3. The zero-order valence-electron chi connectivity index (χ0n) is 20.4. The van der Waals surface area contributed by atoms with E-state index in [0.717, 1.165) is 47.2 Å². The molecule has 8 N–H and O–H groups in total. The Morgan fingerprint density at radius 2 is 1.97 bits per heavy atom. The summed E-state index contributed by atoms with van der Waals surface area (Å²) in [5, 5.41) is 35.0. The van der Waals surface area contributed by atoms with Crippen molar-refractivity contribution in [2.75, 3.05) is 19.6 Å². The third-order valence-corrected chi connectivity index (χ3v) is 8.46. The van der Waals surface area contributed by atoms with Gasteiger partial charge in [-0.3, -0.25) is 9.89 Å². The van der Waals surface area contributed by atoms with E-state index >= 15 is 0 Å². The van der Waals surface area contributed by atoms with Crippen LogP contribution in [0.3, 0.4) is 0 Å². The van der Waals surface area contributed by atoms with Gasteiger partial charge in [0.15, 0.2) is 17.5 Å². The molecule has 3 aromatic rings. The number of aliphatic hydroxyl groups is 1. The highest BCUT2D eigenvalue weighted by Gasteiger charge is 2.61. The molecular formula is C27H35N5O3. The number of aromatic amines is 1. The average Bonchev–Trinajstić information content (AvgIpc) is 3.11. The molecule has 0 spiro atoms. The summed E-state index contributed by atoms with van der Waals surface area (Å²) in [6, 6.07) is 11.5. The molecule has 8 nitrogen and oxygen atoms in total. The number of benzene rings is 2. The molecule has 3 atom stereocenters. The first kappa shape index (κ1) is 23.5. The lowest BCUT2D eigenvalue weighted by atomic mass is 9.53. The fourth-order valence-corrected chi connectivity index (χ4v) is 6.58. The number of aromatic hydroxyl groups is 2. The molecule has 1 aliphatic heterocycles. The number of rotatable bonds is 6. The number of nitrogens with zero attached hydrogens (tertiary/aromatic N) is 2. The Morgan fingerprint density at radius 1 is 1.20 bits per heavy atom. The number of hydrogen-bond donors (Lipinski definition) is 6. The molecule has 186 valence electrons. The van der Waals surface area contributed by atoms with Gasteiger partial charge in [0, 0.05) is 53.1 Å². The summed E-state index contributed by atoms with van der Waals surface area (Å²) in [5.41, 5.74) is 13.9. The molecule has 1 aromatic heterocycles. The molecule has 35 heavy (non-hydrogen) atoms. The van der Waals surface area contributed by atoms with Crippen LogP contribution in [0.15, 0.2) is 41.4 Å². The molecule has 0 amide bonds. The van der Waals surface area contributed by atoms with E-state index in [2.05, 4.69) is 33.9 Å². The number of nitrogens with one attached hydrogen (secondary N) is 1. The molecule has 1 fully saturated rings. The maximum atomic E-state index is 12.3. The second kappa shape index (κ2) is 8.46. The van der Waals surface area contributed by atoms with Crippen LogP contribution in [-0.2, 0) is 18.3 Å². The second-order valence-corrected chi connectivity index (χ2v) is 10.3. The van der Waals surface area contributed by atoms with Gasteiger partial charge in [-0.2, -0.15) is 0 Å². The standard InChI is InChI=1S/C27H35N5O3/c1-16-18-6-3-4-7-19(18)31-20(16)15-27-10-13-32(12-5-11-30-25(28)29)22(26(27,2)35)14-17-8-9-21(33)24(34)23(17)27/h3-4,6-9,22,31,33-35H,5,10-15H2,1-2H3,(H4,28,29,30). The zero-order chi connectivity index (χ0) is 25.0. The minimum atomic E-state index is -1.15. The molecule has 1 saturated heterocycles. The van der Waals surface area contributed by atoms with E-state index in [-0.39, 0.29) is 23.5 Å². The Morgan fingerprint density at radius 3 is 2.71 bits per heavy atom. The summed E-state index contributed by atoms with van der Waals surface area (Å²) >= 11 is 0. The summed E-state index contributed by atoms with van der Waals surface area (Å²) in [4.78, 5) is 9.99. The van der Waals surface area contributed by atoms with Crippen LogP contribution in [0, 0.1) is 6.92 Å². The first-order valence-electron chi connectivity index (χ1n) is 12.3. The third kappa shape index (κ3) is 3.63. The number of para-hydroxylation sites is 1. The van der Waals surface area contributed by atoms with Crippen LogP contribution >= 0.6 is 0 Å². The highest BCUT2D eigenvalue weighted by molar-refractivity contribution is 5.84. The number of H-pyrrole nitrogens is 1.